The summed E-state index contributed by atoms with van der Waals surface area (Å²) in [5.41, 5.74) is 1.04. The summed E-state index contributed by atoms with van der Waals surface area (Å²) in [6.07, 6.45) is 0.00546. The molecule has 2 aromatic carbocycles. The summed E-state index contributed by atoms with van der Waals surface area (Å²) in [5.74, 6) is -1.39. The van der Waals surface area contributed by atoms with Gasteiger partial charge in [0.1, 0.15) is 6.54 Å². The van der Waals surface area contributed by atoms with Crippen molar-refractivity contribution in [3.05, 3.63) is 69.0 Å². The number of esters is 1. The van der Waals surface area contributed by atoms with Crippen molar-refractivity contribution in [3.63, 3.8) is 0 Å². The Hall–Kier alpha value is -3.38. The first kappa shape index (κ1) is 24.3. The van der Waals surface area contributed by atoms with E-state index in [1.54, 1.807) is 30.3 Å². The van der Waals surface area contributed by atoms with Crippen LogP contribution in [0.3, 0.4) is 0 Å². The van der Waals surface area contributed by atoms with E-state index in [4.69, 9.17) is 0 Å². The number of nitro groups is 1. The van der Waals surface area contributed by atoms with Gasteiger partial charge < -0.3 is 9.30 Å². The van der Waals surface area contributed by atoms with Crippen LogP contribution in [0, 0.1) is 10.1 Å². The molecule has 1 heterocycles. The van der Waals surface area contributed by atoms with Crippen molar-refractivity contribution < 1.29 is 27.7 Å². The molecule has 0 saturated heterocycles. The Morgan fingerprint density at radius 1 is 1.18 bits per heavy atom. The second-order valence-electron chi connectivity index (χ2n) is 7.14. The first-order valence-corrected chi connectivity index (χ1v) is 12.5. The van der Waals surface area contributed by atoms with E-state index in [1.165, 1.54) is 29.9 Å². The van der Waals surface area contributed by atoms with E-state index in [-0.39, 0.29) is 41.4 Å². The summed E-state index contributed by atoms with van der Waals surface area (Å²) in [6, 6.07) is 12.9. The number of methoxy groups -OCH3 is 1. The number of ether oxygens (including phenoxy) is 1. The van der Waals surface area contributed by atoms with Crippen molar-refractivity contribution >= 4 is 49.0 Å². The van der Waals surface area contributed by atoms with Crippen molar-refractivity contribution in [1.29, 1.82) is 0 Å². The van der Waals surface area contributed by atoms with Crippen LogP contribution < -0.4 is 4.80 Å². The minimum Gasteiger partial charge on any atom is -0.468 e. The van der Waals surface area contributed by atoms with Gasteiger partial charge in [-0.3, -0.25) is 19.7 Å². The van der Waals surface area contributed by atoms with Gasteiger partial charge in [-0.25, -0.2) is 8.42 Å². The highest BCUT2D eigenvalue weighted by atomic mass is 32.2. The number of rotatable bonds is 9. The highest BCUT2D eigenvalue weighted by Gasteiger charge is 2.16. The Morgan fingerprint density at radius 3 is 2.58 bits per heavy atom. The molecule has 0 spiro atoms. The fraction of sp³-hybridized carbons (Fsp3) is 0.286. The molecular weight excluding hydrogens is 470 g/mol. The van der Waals surface area contributed by atoms with Gasteiger partial charge in [-0.05, 0) is 18.1 Å². The molecule has 1 amide bonds. The summed E-state index contributed by atoms with van der Waals surface area (Å²) in [5, 5.41) is 11.1. The van der Waals surface area contributed by atoms with Gasteiger partial charge in [-0.15, -0.1) is 0 Å². The summed E-state index contributed by atoms with van der Waals surface area (Å²) in [4.78, 5) is 39.0. The van der Waals surface area contributed by atoms with Gasteiger partial charge in [0.2, 0.25) is 5.91 Å². The minimum absolute atomic E-state index is 0.0966. The van der Waals surface area contributed by atoms with Crippen LogP contribution in [0.25, 0.3) is 10.2 Å². The van der Waals surface area contributed by atoms with E-state index in [0.717, 1.165) is 11.3 Å². The molecule has 1 aromatic heterocycles. The predicted molar refractivity (Wildman–Crippen MR) is 122 cm³/mol. The lowest BCUT2D eigenvalue weighted by Gasteiger charge is -2.04. The number of benzene rings is 2. The lowest BCUT2D eigenvalue weighted by Crippen LogP contribution is -2.22. The molecule has 0 unspecified atom stereocenters. The number of hydrogen-bond acceptors (Lipinski definition) is 8. The second kappa shape index (κ2) is 10.5. The number of amides is 1. The van der Waals surface area contributed by atoms with Crippen LogP contribution in [0.5, 0.6) is 0 Å². The number of hydrogen-bond donors (Lipinski definition) is 0. The first-order chi connectivity index (χ1) is 15.7. The van der Waals surface area contributed by atoms with Crippen molar-refractivity contribution in [2.24, 2.45) is 4.99 Å². The molecule has 0 atom stereocenters. The molecule has 0 aliphatic heterocycles. The predicted octanol–water partition coefficient (Wildman–Crippen LogP) is 2.61. The van der Waals surface area contributed by atoms with Crippen LogP contribution in [0.2, 0.25) is 0 Å². The van der Waals surface area contributed by atoms with Gasteiger partial charge in [0.15, 0.2) is 14.6 Å². The molecule has 0 aliphatic carbocycles. The lowest BCUT2D eigenvalue weighted by atomic mass is 10.2. The number of thiazole rings is 1. The fourth-order valence-corrected chi connectivity index (χ4v) is 5.62. The molecule has 174 valence electrons. The quantitative estimate of drug-likeness (QED) is 0.255. The SMILES string of the molecule is COC(=O)Cn1c(=NC(=O)CCCS(=O)(=O)Cc2ccccc2)sc2cc([N+](=O)[O-])ccc21. The Labute approximate surface area is 193 Å². The molecule has 0 saturated carbocycles. The smallest absolute Gasteiger partial charge is 0.325 e. The summed E-state index contributed by atoms with van der Waals surface area (Å²) in [7, 11) is -2.16. The topological polar surface area (TPSA) is 138 Å². The number of carbonyl (C=O) groups excluding carboxylic acids is 2. The molecule has 10 nitrogen and oxygen atoms in total. The number of aromatic nitrogens is 1. The van der Waals surface area contributed by atoms with E-state index < -0.39 is 26.6 Å². The highest BCUT2D eigenvalue weighted by molar-refractivity contribution is 7.90. The molecule has 0 fully saturated rings. The number of non-ortho nitro benzene ring substituents is 1. The Bertz CT molecular complexity index is 1360. The van der Waals surface area contributed by atoms with E-state index in [1.807, 2.05) is 0 Å². The number of nitrogens with zero attached hydrogens (tertiary/aromatic N) is 3. The van der Waals surface area contributed by atoms with Crippen molar-refractivity contribution in [2.75, 3.05) is 12.9 Å². The average Bonchev–Trinajstić information content (AvgIpc) is 3.09. The van der Waals surface area contributed by atoms with Crippen LogP contribution in [-0.4, -0.2) is 42.6 Å². The molecule has 0 bridgehead atoms. The molecule has 3 aromatic rings. The molecular formula is C21H21N3O7S2. The van der Waals surface area contributed by atoms with Crippen LogP contribution in [0.4, 0.5) is 5.69 Å². The Kier molecular flexibility index (Phi) is 7.71. The Morgan fingerprint density at radius 2 is 1.91 bits per heavy atom. The van der Waals surface area contributed by atoms with Gasteiger partial charge in [-0.2, -0.15) is 4.99 Å². The zero-order valence-corrected chi connectivity index (χ0v) is 19.3. The third-order valence-corrected chi connectivity index (χ3v) is 7.41. The molecule has 0 radical (unpaired) electrons. The maximum absolute atomic E-state index is 12.4. The third kappa shape index (κ3) is 6.56. The number of carbonyl (C=O) groups is 2. The number of fused-ring (bicyclic) bond motifs is 1. The molecule has 0 aliphatic rings. The summed E-state index contributed by atoms with van der Waals surface area (Å²) in [6.45, 7) is -0.230. The van der Waals surface area contributed by atoms with Gasteiger partial charge in [0, 0.05) is 18.6 Å². The average molecular weight is 492 g/mol. The zero-order valence-electron chi connectivity index (χ0n) is 17.7. The van der Waals surface area contributed by atoms with Gasteiger partial charge in [0.05, 0.1) is 33.8 Å². The summed E-state index contributed by atoms with van der Waals surface area (Å²) < 4.78 is 31.2. The van der Waals surface area contributed by atoms with Crippen LogP contribution in [-0.2, 0) is 36.5 Å². The molecule has 33 heavy (non-hydrogen) atoms. The Balaban J connectivity index is 1.77. The van der Waals surface area contributed by atoms with Crippen molar-refractivity contribution in [1.82, 2.24) is 4.57 Å². The van der Waals surface area contributed by atoms with Crippen molar-refractivity contribution in [2.45, 2.75) is 25.1 Å². The molecule has 12 heteroatoms. The van der Waals surface area contributed by atoms with Gasteiger partial charge in [-0.1, -0.05) is 41.7 Å². The fourth-order valence-electron chi connectivity index (χ4n) is 3.11. The maximum Gasteiger partial charge on any atom is 0.325 e. The van der Waals surface area contributed by atoms with E-state index in [2.05, 4.69) is 9.73 Å². The third-order valence-electron chi connectivity index (χ3n) is 4.69. The zero-order chi connectivity index (χ0) is 24.0. The van der Waals surface area contributed by atoms with Crippen LogP contribution >= 0.6 is 11.3 Å². The van der Waals surface area contributed by atoms with Crippen LogP contribution in [0.15, 0.2) is 53.5 Å². The first-order valence-electron chi connectivity index (χ1n) is 9.85. The normalized spacial score (nSPS) is 12.1. The largest absolute Gasteiger partial charge is 0.468 e. The van der Waals surface area contributed by atoms with E-state index in [9.17, 15) is 28.1 Å². The van der Waals surface area contributed by atoms with E-state index in [0.29, 0.717) is 15.8 Å². The van der Waals surface area contributed by atoms with Crippen molar-refractivity contribution in [3.8, 4) is 0 Å². The van der Waals surface area contributed by atoms with E-state index >= 15 is 0 Å². The number of sulfone groups is 1. The standard InChI is InChI=1S/C21H21N3O7S2/c1-31-20(26)13-23-17-10-9-16(24(27)28)12-18(17)32-21(23)22-19(25)8-5-11-33(29,30)14-15-6-3-2-4-7-15/h2-4,6-7,9-10,12H,5,8,11,13-14H2,1H3. The minimum atomic E-state index is -3.39. The number of nitro benzene ring substituents is 1. The van der Waals surface area contributed by atoms with Gasteiger partial charge in [0.25, 0.3) is 5.69 Å². The summed E-state index contributed by atoms with van der Waals surface area (Å²) >= 11 is 1.02. The lowest BCUT2D eigenvalue weighted by molar-refractivity contribution is -0.384. The van der Waals surface area contributed by atoms with Crippen LogP contribution in [0.1, 0.15) is 18.4 Å². The monoisotopic (exact) mass is 491 g/mol. The maximum atomic E-state index is 12.4. The van der Waals surface area contributed by atoms with Gasteiger partial charge >= 0.3 is 5.97 Å². The molecule has 3 rings (SSSR count). The molecule has 0 N–H and O–H groups in total. The second-order valence-corrected chi connectivity index (χ2v) is 10.3. The highest BCUT2D eigenvalue weighted by Crippen LogP contribution is 2.23.